The Balaban J connectivity index is 2.39. The molecule has 0 radical (unpaired) electrons. The summed E-state index contributed by atoms with van der Waals surface area (Å²) in [5, 5.41) is 4.42. The van der Waals surface area contributed by atoms with E-state index in [1.807, 2.05) is 13.8 Å². The monoisotopic (exact) mass is 425 g/mol. The number of piperidine rings is 1. The van der Waals surface area contributed by atoms with E-state index in [0.717, 1.165) is 12.8 Å². The van der Waals surface area contributed by atoms with Crippen LogP contribution in [0.2, 0.25) is 0 Å². The van der Waals surface area contributed by atoms with Crippen molar-refractivity contribution < 1.29 is 14.3 Å². The summed E-state index contributed by atoms with van der Waals surface area (Å²) < 4.78 is 4.98. The molecule has 0 saturated carbocycles. The smallest absolute Gasteiger partial charge is 0.341 e. The van der Waals surface area contributed by atoms with Crippen molar-refractivity contribution in [1.82, 2.24) is 9.80 Å². The molecule has 1 aliphatic heterocycles. The van der Waals surface area contributed by atoms with Crippen LogP contribution in [0.4, 0.5) is 5.00 Å². The summed E-state index contributed by atoms with van der Waals surface area (Å²) in [5.41, 5.74) is 1.03. The highest BCUT2D eigenvalue weighted by Gasteiger charge is 2.31. The Morgan fingerprint density at radius 1 is 1.25 bits per heavy atom. The zero-order valence-electron chi connectivity index (χ0n) is 17.6. The van der Waals surface area contributed by atoms with Crippen LogP contribution in [0.1, 0.15) is 72.6 Å². The number of rotatable bonds is 5. The van der Waals surface area contributed by atoms with Gasteiger partial charge in [0.25, 0.3) is 5.91 Å². The first-order valence-corrected chi connectivity index (χ1v) is 11.1. The van der Waals surface area contributed by atoms with Gasteiger partial charge in [-0.25, -0.2) is 4.79 Å². The van der Waals surface area contributed by atoms with Gasteiger partial charge < -0.3 is 19.9 Å². The molecule has 2 atom stereocenters. The number of nitrogens with one attached hydrogen (secondary N) is 1. The SMILES string of the molecule is CCN(CC)C(=O)c1sc(NC(=S)N2C(C)CCCC2C)c(C(=O)OC)c1C. The predicted molar refractivity (Wildman–Crippen MR) is 118 cm³/mol. The van der Waals surface area contributed by atoms with Crippen molar-refractivity contribution in [1.29, 1.82) is 0 Å². The molecule has 8 heteroatoms. The van der Waals surface area contributed by atoms with Gasteiger partial charge in [0, 0.05) is 25.2 Å². The molecule has 2 heterocycles. The molecule has 156 valence electrons. The number of amides is 1. The number of likely N-dealkylation sites (tertiary alicyclic amines) is 1. The lowest BCUT2D eigenvalue weighted by atomic mass is 9.98. The standard InChI is InChI=1S/C20H31N3O3S2/c1-7-22(8-2)18(24)16-14(5)15(19(25)26-6)17(28-16)21-20(27)23-12(3)10-9-11-13(23)4/h12-13H,7-11H2,1-6H3,(H,21,27). The van der Waals surface area contributed by atoms with Crippen LogP contribution < -0.4 is 5.32 Å². The van der Waals surface area contributed by atoms with Gasteiger partial charge in [0.05, 0.1) is 17.6 Å². The number of carbonyl (C=O) groups is 2. The van der Waals surface area contributed by atoms with Crippen molar-refractivity contribution in [3.05, 3.63) is 16.0 Å². The molecule has 2 rings (SSSR count). The highest BCUT2D eigenvalue weighted by atomic mass is 32.1. The number of methoxy groups -OCH3 is 1. The minimum absolute atomic E-state index is 0.0728. The van der Waals surface area contributed by atoms with Gasteiger partial charge >= 0.3 is 5.97 Å². The Hall–Kier alpha value is -1.67. The Kier molecular flexibility index (Phi) is 7.83. The molecule has 2 unspecified atom stereocenters. The maximum absolute atomic E-state index is 12.9. The summed E-state index contributed by atoms with van der Waals surface area (Å²) in [6.45, 7) is 11.2. The van der Waals surface area contributed by atoms with Gasteiger partial charge in [0.2, 0.25) is 0 Å². The van der Waals surface area contributed by atoms with Crippen LogP contribution >= 0.6 is 23.6 Å². The molecule has 1 aromatic rings. The van der Waals surface area contributed by atoms with Crippen molar-refractivity contribution >= 4 is 45.5 Å². The van der Waals surface area contributed by atoms with Crippen LogP contribution in [-0.2, 0) is 4.74 Å². The number of esters is 1. The molecule has 0 bridgehead atoms. The number of thiocarbonyl (C=S) groups is 1. The molecule has 1 amide bonds. The van der Waals surface area contributed by atoms with Crippen LogP contribution in [0.25, 0.3) is 0 Å². The summed E-state index contributed by atoms with van der Waals surface area (Å²) in [7, 11) is 1.35. The quantitative estimate of drug-likeness (QED) is 0.561. The summed E-state index contributed by atoms with van der Waals surface area (Å²) >= 11 is 6.96. The molecule has 1 saturated heterocycles. The van der Waals surface area contributed by atoms with E-state index in [-0.39, 0.29) is 5.91 Å². The van der Waals surface area contributed by atoms with Crippen molar-refractivity contribution in [2.24, 2.45) is 0 Å². The molecule has 0 aromatic carbocycles. The molecule has 1 aliphatic rings. The molecule has 1 fully saturated rings. The van der Waals surface area contributed by atoms with Crippen LogP contribution in [-0.4, -0.2) is 59.1 Å². The molecule has 6 nitrogen and oxygen atoms in total. The lowest BCUT2D eigenvalue weighted by Gasteiger charge is -2.40. The highest BCUT2D eigenvalue weighted by molar-refractivity contribution is 7.80. The van der Waals surface area contributed by atoms with E-state index >= 15 is 0 Å². The number of ether oxygens (including phenoxy) is 1. The van der Waals surface area contributed by atoms with Crippen molar-refractivity contribution in [2.45, 2.75) is 66.0 Å². The first kappa shape index (κ1) is 22.6. The number of thiophene rings is 1. The number of hydrogen-bond acceptors (Lipinski definition) is 5. The van der Waals surface area contributed by atoms with Crippen LogP contribution in [0, 0.1) is 6.92 Å². The van der Waals surface area contributed by atoms with Gasteiger partial charge in [0.15, 0.2) is 5.11 Å². The first-order valence-electron chi connectivity index (χ1n) is 9.86. The molecule has 1 aromatic heterocycles. The fourth-order valence-electron chi connectivity index (χ4n) is 3.79. The summed E-state index contributed by atoms with van der Waals surface area (Å²) in [6.07, 6.45) is 3.37. The maximum Gasteiger partial charge on any atom is 0.341 e. The molecule has 1 N–H and O–H groups in total. The van der Waals surface area contributed by atoms with E-state index in [9.17, 15) is 9.59 Å². The van der Waals surface area contributed by atoms with Crippen molar-refractivity contribution in [3.63, 3.8) is 0 Å². The highest BCUT2D eigenvalue weighted by Crippen LogP contribution is 2.35. The van der Waals surface area contributed by atoms with Gasteiger partial charge in [-0.05, 0) is 71.7 Å². The van der Waals surface area contributed by atoms with Crippen LogP contribution in [0.5, 0.6) is 0 Å². The zero-order valence-corrected chi connectivity index (χ0v) is 19.3. The third-order valence-corrected chi connectivity index (χ3v) is 6.94. The average molecular weight is 426 g/mol. The maximum atomic E-state index is 12.9. The third-order valence-electron chi connectivity index (χ3n) is 5.43. The van der Waals surface area contributed by atoms with Gasteiger partial charge in [-0.3, -0.25) is 4.79 Å². The minimum atomic E-state index is -0.461. The van der Waals surface area contributed by atoms with E-state index in [2.05, 4.69) is 24.1 Å². The normalized spacial score (nSPS) is 19.3. The van der Waals surface area contributed by atoms with Gasteiger partial charge in [-0.15, -0.1) is 11.3 Å². The topological polar surface area (TPSA) is 61.9 Å². The van der Waals surface area contributed by atoms with E-state index < -0.39 is 5.97 Å². The minimum Gasteiger partial charge on any atom is -0.465 e. The summed E-state index contributed by atoms with van der Waals surface area (Å²) in [4.78, 5) is 29.9. The van der Waals surface area contributed by atoms with Crippen LogP contribution in [0.3, 0.4) is 0 Å². The Morgan fingerprint density at radius 3 is 2.32 bits per heavy atom. The largest absolute Gasteiger partial charge is 0.465 e. The second-order valence-electron chi connectivity index (χ2n) is 7.20. The van der Waals surface area contributed by atoms with E-state index in [1.165, 1.54) is 24.9 Å². The third kappa shape index (κ3) is 4.49. The molecular weight excluding hydrogens is 394 g/mol. The van der Waals surface area contributed by atoms with Crippen molar-refractivity contribution in [2.75, 3.05) is 25.5 Å². The molecule has 0 aliphatic carbocycles. The molecule has 0 spiro atoms. The van der Waals surface area contributed by atoms with Gasteiger partial charge in [-0.2, -0.15) is 0 Å². The number of hydrogen-bond donors (Lipinski definition) is 1. The van der Waals surface area contributed by atoms with Gasteiger partial charge in [0.1, 0.15) is 5.00 Å². The number of nitrogens with zero attached hydrogens (tertiary/aromatic N) is 2. The van der Waals surface area contributed by atoms with Gasteiger partial charge in [-0.1, -0.05) is 0 Å². The molecule has 28 heavy (non-hydrogen) atoms. The lowest BCUT2D eigenvalue weighted by molar-refractivity contribution is 0.0601. The zero-order chi connectivity index (χ0) is 21.0. The second kappa shape index (κ2) is 9.69. The molecular formula is C20H31N3O3S2. The lowest BCUT2D eigenvalue weighted by Crippen LogP contribution is -2.49. The van der Waals surface area contributed by atoms with E-state index in [0.29, 0.717) is 51.3 Å². The fourth-order valence-corrected chi connectivity index (χ4v) is 5.48. The van der Waals surface area contributed by atoms with Crippen molar-refractivity contribution in [3.8, 4) is 0 Å². The second-order valence-corrected chi connectivity index (χ2v) is 8.60. The predicted octanol–water partition coefficient (Wildman–Crippen LogP) is 4.28. The number of carbonyl (C=O) groups excluding carboxylic acids is 2. The Labute approximate surface area is 177 Å². The number of anilines is 1. The Morgan fingerprint density at radius 2 is 1.82 bits per heavy atom. The summed E-state index contributed by atoms with van der Waals surface area (Å²) in [5.74, 6) is -0.534. The summed E-state index contributed by atoms with van der Waals surface area (Å²) in [6, 6.07) is 0.673. The fraction of sp³-hybridized carbons (Fsp3) is 0.650. The Bertz CT molecular complexity index is 733. The first-order chi connectivity index (χ1) is 13.3. The van der Waals surface area contributed by atoms with Crippen LogP contribution in [0.15, 0.2) is 0 Å². The van der Waals surface area contributed by atoms with E-state index in [1.54, 1.807) is 11.8 Å². The van der Waals surface area contributed by atoms with E-state index in [4.69, 9.17) is 17.0 Å². The average Bonchev–Trinajstić information content (AvgIpc) is 2.97.